The van der Waals surface area contributed by atoms with Crippen LogP contribution in [0.4, 0.5) is 0 Å². The lowest BCUT2D eigenvalue weighted by Gasteiger charge is -2.18. The molecular weight excluding hydrogens is 454 g/mol. The lowest BCUT2D eigenvalue weighted by atomic mass is 10.2. The molecule has 0 radical (unpaired) electrons. The summed E-state index contributed by atoms with van der Waals surface area (Å²) in [6.07, 6.45) is 4.29. The summed E-state index contributed by atoms with van der Waals surface area (Å²) < 4.78 is 36.9. The maximum atomic E-state index is 12.5. The summed E-state index contributed by atoms with van der Waals surface area (Å²) in [6.45, 7) is 4.17. The van der Waals surface area contributed by atoms with Crippen LogP contribution in [-0.4, -0.2) is 41.7 Å². The first-order chi connectivity index (χ1) is 15.3. The number of rotatable bonds is 9. The summed E-state index contributed by atoms with van der Waals surface area (Å²) in [7, 11) is -3.63. The molecule has 0 atom stereocenters. The van der Waals surface area contributed by atoms with E-state index >= 15 is 0 Å². The van der Waals surface area contributed by atoms with Gasteiger partial charge in [-0.3, -0.25) is 4.79 Å². The summed E-state index contributed by atoms with van der Waals surface area (Å²) >= 11 is 1.29. The Morgan fingerprint density at radius 2 is 1.78 bits per heavy atom. The SMILES string of the molecule is CCN(CC)S(=O)(=O)c1ccc(C(=O)Oc2coc(CSc3ncccn3)cc2=O)cc1. The summed E-state index contributed by atoms with van der Waals surface area (Å²) in [5.41, 5.74) is -0.418. The molecule has 2 aromatic heterocycles. The van der Waals surface area contributed by atoms with Crippen molar-refractivity contribution < 1.29 is 22.4 Å². The molecule has 0 aliphatic carbocycles. The highest BCUT2D eigenvalue weighted by atomic mass is 32.2. The average Bonchev–Trinajstić information content (AvgIpc) is 2.80. The molecule has 168 valence electrons. The van der Waals surface area contributed by atoms with E-state index in [4.69, 9.17) is 9.15 Å². The first-order valence-electron chi connectivity index (χ1n) is 9.69. The maximum absolute atomic E-state index is 12.5. The van der Waals surface area contributed by atoms with Gasteiger partial charge in [-0.25, -0.2) is 23.2 Å². The molecule has 0 fully saturated rings. The zero-order chi connectivity index (χ0) is 23.1. The summed E-state index contributed by atoms with van der Waals surface area (Å²) in [5, 5.41) is 0.539. The standard InChI is InChI=1S/C21H21N3O6S2/c1-3-24(4-2)32(27,28)17-8-6-15(7-9-17)20(26)30-19-13-29-16(12-18(19)25)14-31-21-22-10-5-11-23-21/h5-13H,3-4,14H2,1-2H3. The maximum Gasteiger partial charge on any atom is 0.343 e. The molecule has 9 nitrogen and oxygen atoms in total. The van der Waals surface area contributed by atoms with Crippen molar-refractivity contribution >= 4 is 27.8 Å². The number of benzene rings is 1. The number of ether oxygens (including phenoxy) is 1. The number of esters is 1. The molecule has 11 heteroatoms. The minimum Gasteiger partial charge on any atom is -0.464 e. The van der Waals surface area contributed by atoms with Crippen molar-refractivity contribution in [2.75, 3.05) is 13.1 Å². The molecule has 0 aliphatic heterocycles. The number of aromatic nitrogens is 2. The van der Waals surface area contributed by atoms with Crippen molar-refractivity contribution in [3.05, 3.63) is 76.6 Å². The molecule has 0 unspecified atom stereocenters. The van der Waals surface area contributed by atoms with E-state index in [2.05, 4.69) is 9.97 Å². The number of hydrogen-bond acceptors (Lipinski definition) is 9. The fourth-order valence-corrected chi connectivity index (χ4v) is 4.87. The number of carbonyl (C=O) groups is 1. The Kier molecular flexibility index (Phi) is 7.78. The highest BCUT2D eigenvalue weighted by Crippen LogP contribution is 2.20. The van der Waals surface area contributed by atoms with Crippen LogP contribution in [0.15, 0.2) is 74.3 Å². The van der Waals surface area contributed by atoms with Crippen LogP contribution in [0.1, 0.15) is 30.0 Å². The number of thioether (sulfide) groups is 1. The van der Waals surface area contributed by atoms with E-state index in [0.717, 1.165) is 6.26 Å². The molecule has 0 bridgehead atoms. The molecule has 0 spiro atoms. The Morgan fingerprint density at radius 1 is 1.12 bits per heavy atom. The Hall–Kier alpha value is -3.02. The molecule has 0 saturated heterocycles. The first kappa shape index (κ1) is 23.6. The third kappa shape index (κ3) is 5.61. The Labute approximate surface area is 189 Å². The lowest BCUT2D eigenvalue weighted by molar-refractivity contribution is 0.0728. The van der Waals surface area contributed by atoms with E-state index in [9.17, 15) is 18.0 Å². The van der Waals surface area contributed by atoms with Crippen LogP contribution < -0.4 is 10.2 Å². The van der Waals surface area contributed by atoms with E-state index < -0.39 is 21.4 Å². The van der Waals surface area contributed by atoms with E-state index in [-0.39, 0.29) is 16.2 Å². The van der Waals surface area contributed by atoms with Crippen LogP contribution in [0.3, 0.4) is 0 Å². The van der Waals surface area contributed by atoms with Gasteiger partial charge in [0, 0.05) is 31.5 Å². The van der Waals surface area contributed by atoms with Crippen molar-refractivity contribution in [1.29, 1.82) is 0 Å². The highest BCUT2D eigenvalue weighted by molar-refractivity contribution is 7.98. The number of nitrogens with zero attached hydrogens (tertiary/aromatic N) is 3. The van der Waals surface area contributed by atoms with Gasteiger partial charge in [-0.2, -0.15) is 4.31 Å². The Bertz CT molecular complexity index is 1220. The van der Waals surface area contributed by atoms with Crippen molar-refractivity contribution in [3.63, 3.8) is 0 Å². The minimum atomic E-state index is -3.63. The van der Waals surface area contributed by atoms with E-state index in [1.165, 1.54) is 46.4 Å². The Balaban J connectivity index is 1.67. The largest absolute Gasteiger partial charge is 0.464 e. The third-order valence-corrected chi connectivity index (χ3v) is 7.34. The smallest absolute Gasteiger partial charge is 0.343 e. The van der Waals surface area contributed by atoms with Gasteiger partial charge in [0.1, 0.15) is 12.0 Å². The van der Waals surface area contributed by atoms with Crippen LogP contribution in [-0.2, 0) is 15.8 Å². The van der Waals surface area contributed by atoms with Crippen molar-refractivity contribution in [3.8, 4) is 5.75 Å². The van der Waals surface area contributed by atoms with Crippen molar-refractivity contribution in [1.82, 2.24) is 14.3 Å². The molecule has 0 amide bonds. The van der Waals surface area contributed by atoms with E-state index in [0.29, 0.717) is 29.8 Å². The summed E-state index contributed by atoms with van der Waals surface area (Å²) in [4.78, 5) is 32.9. The van der Waals surface area contributed by atoms with Crippen LogP contribution in [0.5, 0.6) is 5.75 Å². The molecular formula is C21H21N3O6S2. The monoisotopic (exact) mass is 475 g/mol. The van der Waals surface area contributed by atoms with Gasteiger partial charge >= 0.3 is 5.97 Å². The van der Waals surface area contributed by atoms with Gasteiger partial charge in [-0.05, 0) is 30.3 Å². The molecule has 0 N–H and O–H groups in total. The van der Waals surface area contributed by atoms with Crippen molar-refractivity contribution in [2.24, 2.45) is 0 Å². The third-order valence-electron chi connectivity index (χ3n) is 4.37. The van der Waals surface area contributed by atoms with Gasteiger partial charge in [-0.1, -0.05) is 25.6 Å². The minimum absolute atomic E-state index is 0.0708. The number of sulfonamides is 1. The van der Waals surface area contributed by atoms with Gasteiger partial charge in [0.05, 0.1) is 16.2 Å². The highest BCUT2D eigenvalue weighted by Gasteiger charge is 2.22. The predicted octanol–water partition coefficient (Wildman–Crippen LogP) is 2.97. The van der Waals surface area contributed by atoms with Gasteiger partial charge < -0.3 is 9.15 Å². The predicted molar refractivity (Wildman–Crippen MR) is 118 cm³/mol. The summed E-state index contributed by atoms with van der Waals surface area (Å²) in [5.74, 6) is -0.364. The molecule has 32 heavy (non-hydrogen) atoms. The molecule has 0 saturated carbocycles. The second kappa shape index (κ2) is 10.5. The zero-order valence-electron chi connectivity index (χ0n) is 17.4. The fraction of sp³-hybridized carbons (Fsp3) is 0.238. The van der Waals surface area contributed by atoms with Crippen LogP contribution >= 0.6 is 11.8 Å². The quantitative estimate of drug-likeness (QED) is 0.261. The summed E-state index contributed by atoms with van der Waals surface area (Å²) in [6, 6.07) is 8.27. The molecule has 3 rings (SSSR count). The van der Waals surface area contributed by atoms with Crippen LogP contribution in [0, 0.1) is 0 Å². The van der Waals surface area contributed by atoms with Gasteiger partial charge in [0.2, 0.25) is 21.2 Å². The number of hydrogen-bond donors (Lipinski definition) is 0. The lowest BCUT2D eigenvalue weighted by Crippen LogP contribution is -2.30. The second-order valence-corrected chi connectivity index (χ2v) is 9.28. The molecule has 1 aromatic carbocycles. The average molecular weight is 476 g/mol. The van der Waals surface area contributed by atoms with Crippen molar-refractivity contribution in [2.45, 2.75) is 29.7 Å². The molecule has 3 aromatic rings. The van der Waals surface area contributed by atoms with Gasteiger partial charge in [0.25, 0.3) is 0 Å². The first-order valence-corrected chi connectivity index (χ1v) is 12.1. The van der Waals surface area contributed by atoms with E-state index in [1.807, 2.05) is 0 Å². The van der Waals surface area contributed by atoms with Crippen LogP contribution in [0.25, 0.3) is 0 Å². The Morgan fingerprint density at radius 3 is 2.38 bits per heavy atom. The number of carbonyl (C=O) groups excluding carboxylic acids is 1. The van der Waals surface area contributed by atoms with Gasteiger partial charge in [-0.15, -0.1) is 0 Å². The zero-order valence-corrected chi connectivity index (χ0v) is 19.1. The fourth-order valence-electron chi connectivity index (χ4n) is 2.72. The van der Waals surface area contributed by atoms with Crippen LogP contribution in [0.2, 0.25) is 0 Å². The second-order valence-electron chi connectivity index (χ2n) is 6.40. The van der Waals surface area contributed by atoms with E-state index in [1.54, 1.807) is 32.3 Å². The molecule has 0 aliphatic rings. The topological polar surface area (TPSA) is 120 Å². The normalized spacial score (nSPS) is 11.5. The van der Waals surface area contributed by atoms with Gasteiger partial charge in [0.15, 0.2) is 5.16 Å². The molecule has 2 heterocycles.